The highest BCUT2D eigenvalue weighted by atomic mass is 16.5. The zero-order chi connectivity index (χ0) is 17.2. The number of rotatable bonds is 5. The van der Waals surface area contributed by atoms with E-state index in [1.54, 1.807) is 7.11 Å². The number of hydrogen-bond acceptors (Lipinski definition) is 3. The SMILES string of the molecule is COc1cccc2c1OC[C@H](Cc1cccc(NC(=O)C3CC3)c1)C2. The number of nitrogens with one attached hydrogen (secondary N) is 1. The summed E-state index contributed by atoms with van der Waals surface area (Å²) >= 11 is 0. The first-order chi connectivity index (χ1) is 12.2. The number of benzene rings is 2. The van der Waals surface area contributed by atoms with Crippen LogP contribution in [0.4, 0.5) is 5.69 Å². The monoisotopic (exact) mass is 337 g/mol. The predicted octanol–water partition coefficient (Wildman–Crippen LogP) is 3.84. The Bertz CT molecular complexity index is 782. The number of fused-ring (bicyclic) bond motifs is 1. The second-order valence-corrected chi connectivity index (χ2v) is 7.00. The van der Waals surface area contributed by atoms with Gasteiger partial charge in [-0.05, 0) is 55.0 Å². The lowest BCUT2D eigenvalue weighted by molar-refractivity contribution is -0.117. The summed E-state index contributed by atoms with van der Waals surface area (Å²) in [6.45, 7) is 0.687. The highest BCUT2D eigenvalue weighted by molar-refractivity contribution is 5.94. The Morgan fingerprint density at radius 3 is 2.88 bits per heavy atom. The van der Waals surface area contributed by atoms with Gasteiger partial charge in [-0.15, -0.1) is 0 Å². The second-order valence-electron chi connectivity index (χ2n) is 7.00. The van der Waals surface area contributed by atoms with Gasteiger partial charge in [0.05, 0.1) is 13.7 Å². The standard InChI is InChI=1S/C21H23NO3/c1-24-19-7-3-5-17-11-15(13-25-20(17)19)10-14-4-2-6-18(12-14)22-21(23)16-8-9-16/h2-7,12,15-16H,8-11,13H2,1H3,(H,22,23)/t15-/m1/s1. The number of carbonyl (C=O) groups is 1. The fourth-order valence-electron chi connectivity index (χ4n) is 3.45. The summed E-state index contributed by atoms with van der Waals surface area (Å²) in [4.78, 5) is 11.9. The lowest BCUT2D eigenvalue weighted by atomic mass is 9.90. The third-order valence-corrected chi connectivity index (χ3v) is 4.92. The first-order valence-electron chi connectivity index (χ1n) is 8.91. The van der Waals surface area contributed by atoms with Crippen molar-refractivity contribution in [2.75, 3.05) is 19.0 Å². The van der Waals surface area contributed by atoms with E-state index >= 15 is 0 Å². The van der Waals surface area contributed by atoms with Gasteiger partial charge in [0.25, 0.3) is 0 Å². The molecule has 4 rings (SSSR count). The zero-order valence-electron chi connectivity index (χ0n) is 14.5. The van der Waals surface area contributed by atoms with Crippen LogP contribution in [0.15, 0.2) is 42.5 Å². The van der Waals surface area contributed by atoms with E-state index in [-0.39, 0.29) is 11.8 Å². The highest BCUT2D eigenvalue weighted by Gasteiger charge is 2.29. The van der Waals surface area contributed by atoms with Crippen molar-refractivity contribution >= 4 is 11.6 Å². The third kappa shape index (κ3) is 3.63. The van der Waals surface area contributed by atoms with E-state index in [1.807, 2.05) is 24.3 Å². The van der Waals surface area contributed by atoms with Crippen molar-refractivity contribution in [3.63, 3.8) is 0 Å². The van der Waals surface area contributed by atoms with Gasteiger partial charge in [0.1, 0.15) is 0 Å². The Labute approximate surface area is 148 Å². The van der Waals surface area contributed by atoms with Crippen LogP contribution in [0.1, 0.15) is 24.0 Å². The maximum atomic E-state index is 11.9. The average Bonchev–Trinajstić information content (AvgIpc) is 3.46. The molecule has 0 unspecified atom stereocenters. The number of para-hydroxylation sites is 1. The predicted molar refractivity (Wildman–Crippen MR) is 97.2 cm³/mol. The summed E-state index contributed by atoms with van der Waals surface area (Å²) < 4.78 is 11.3. The molecule has 130 valence electrons. The van der Waals surface area contributed by atoms with E-state index in [4.69, 9.17) is 9.47 Å². The number of amides is 1. The van der Waals surface area contributed by atoms with E-state index in [0.29, 0.717) is 12.5 Å². The minimum absolute atomic E-state index is 0.152. The van der Waals surface area contributed by atoms with Crippen molar-refractivity contribution < 1.29 is 14.3 Å². The van der Waals surface area contributed by atoms with Gasteiger partial charge in [0, 0.05) is 17.5 Å². The molecule has 0 bridgehead atoms. The maximum absolute atomic E-state index is 11.9. The van der Waals surface area contributed by atoms with Crippen LogP contribution in [0.2, 0.25) is 0 Å². The molecular formula is C21H23NO3. The van der Waals surface area contributed by atoms with Gasteiger partial charge < -0.3 is 14.8 Å². The van der Waals surface area contributed by atoms with E-state index in [1.165, 1.54) is 11.1 Å². The topological polar surface area (TPSA) is 47.6 Å². The summed E-state index contributed by atoms with van der Waals surface area (Å²) in [5.74, 6) is 2.49. The molecule has 4 heteroatoms. The average molecular weight is 337 g/mol. The third-order valence-electron chi connectivity index (χ3n) is 4.92. The largest absolute Gasteiger partial charge is 0.493 e. The lowest BCUT2D eigenvalue weighted by Crippen LogP contribution is -2.23. The van der Waals surface area contributed by atoms with Crippen LogP contribution in [-0.2, 0) is 17.6 Å². The fraction of sp³-hybridized carbons (Fsp3) is 0.381. The van der Waals surface area contributed by atoms with Gasteiger partial charge in [0.15, 0.2) is 11.5 Å². The molecule has 2 aliphatic rings. The minimum Gasteiger partial charge on any atom is -0.493 e. The minimum atomic E-state index is 0.152. The van der Waals surface area contributed by atoms with Crippen molar-refractivity contribution in [2.24, 2.45) is 11.8 Å². The normalized spacial score (nSPS) is 18.8. The Balaban J connectivity index is 1.43. The molecule has 25 heavy (non-hydrogen) atoms. The van der Waals surface area contributed by atoms with Gasteiger partial charge in [-0.25, -0.2) is 0 Å². The molecule has 1 amide bonds. The molecule has 1 N–H and O–H groups in total. The highest BCUT2D eigenvalue weighted by Crippen LogP contribution is 2.37. The van der Waals surface area contributed by atoms with Gasteiger partial charge in [-0.1, -0.05) is 24.3 Å². The molecule has 0 saturated heterocycles. The molecule has 1 atom stereocenters. The first kappa shape index (κ1) is 16.0. The molecular weight excluding hydrogens is 314 g/mol. The second kappa shape index (κ2) is 6.79. The van der Waals surface area contributed by atoms with Crippen molar-refractivity contribution in [2.45, 2.75) is 25.7 Å². The van der Waals surface area contributed by atoms with Crippen LogP contribution in [-0.4, -0.2) is 19.6 Å². The van der Waals surface area contributed by atoms with E-state index in [2.05, 4.69) is 23.5 Å². The molecule has 1 fully saturated rings. The van der Waals surface area contributed by atoms with Crippen molar-refractivity contribution in [1.82, 2.24) is 0 Å². The summed E-state index contributed by atoms with van der Waals surface area (Å²) in [5.41, 5.74) is 3.33. The molecule has 0 radical (unpaired) electrons. The molecule has 1 aliphatic carbocycles. The Morgan fingerprint density at radius 1 is 1.24 bits per heavy atom. The summed E-state index contributed by atoms with van der Waals surface area (Å²) in [7, 11) is 1.67. The summed E-state index contributed by atoms with van der Waals surface area (Å²) in [6, 6.07) is 14.2. The molecule has 0 spiro atoms. The number of hydrogen-bond donors (Lipinski definition) is 1. The molecule has 1 heterocycles. The molecule has 1 aliphatic heterocycles. The number of carbonyl (C=O) groups excluding carboxylic acids is 1. The van der Waals surface area contributed by atoms with Gasteiger partial charge in [-0.3, -0.25) is 4.79 Å². The summed E-state index contributed by atoms with van der Waals surface area (Å²) in [5, 5.41) is 3.03. The van der Waals surface area contributed by atoms with Crippen LogP contribution < -0.4 is 14.8 Å². The molecule has 4 nitrogen and oxygen atoms in total. The van der Waals surface area contributed by atoms with Gasteiger partial charge in [0.2, 0.25) is 5.91 Å². The van der Waals surface area contributed by atoms with Crippen molar-refractivity contribution in [3.8, 4) is 11.5 Å². The van der Waals surface area contributed by atoms with Crippen LogP contribution >= 0.6 is 0 Å². The smallest absolute Gasteiger partial charge is 0.227 e. The van der Waals surface area contributed by atoms with Crippen LogP contribution in [0.25, 0.3) is 0 Å². The first-order valence-corrected chi connectivity index (χ1v) is 8.91. The zero-order valence-corrected chi connectivity index (χ0v) is 14.5. The summed E-state index contributed by atoms with van der Waals surface area (Å²) in [6.07, 6.45) is 3.95. The van der Waals surface area contributed by atoms with E-state index in [0.717, 1.165) is 42.9 Å². The fourth-order valence-corrected chi connectivity index (χ4v) is 3.45. The Hall–Kier alpha value is -2.49. The van der Waals surface area contributed by atoms with Crippen molar-refractivity contribution in [1.29, 1.82) is 0 Å². The van der Waals surface area contributed by atoms with E-state index < -0.39 is 0 Å². The lowest BCUT2D eigenvalue weighted by Gasteiger charge is -2.26. The Kier molecular flexibility index (Phi) is 4.35. The van der Waals surface area contributed by atoms with Gasteiger partial charge in [-0.2, -0.15) is 0 Å². The molecule has 2 aromatic rings. The van der Waals surface area contributed by atoms with Gasteiger partial charge >= 0.3 is 0 Å². The van der Waals surface area contributed by atoms with Crippen LogP contribution in [0, 0.1) is 11.8 Å². The maximum Gasteiger partial charge on any atom is 0.227 e. The molecule has 0 aromatic heterocycles. The van der Waals surface area contributed by atoms with E-state index in [9.17, 15) is 4.79 Å². The van der Waals surface area contributed by atoms with Crippen LogP contribution in [0.5, 0.6) is 11.5 Å². The Morgan fingerprint density at radius 2 is 2.08 bits per heavy atom. The van der Waals surface area contributed by atoms with Crippen LogP contribution in [0.3, 0.4) is 0 Å². The quantitative estimate of drug-likeness (QED) is 0.902. The molecule has 1 saturated carbocycles. The number of ether oxygens (including phenoxy) is 2. The number of anilines is 1. The van der Waals surface area contributed by atoms with Crippen molar-refractivity contribution in [3.05, 3.63) is 53.6 Å². The molecule has 2 aromatic carbocycles. The number of methoxy groups -OCH3 is 1.